The molecule has 1 aromatic heterocycles. The molecule has 30 heavy (non-hydrogen) atoms. The fraction of sp³-hybridized carbons (Fsp3) is 0.400. The SMILES string of the molecule is CC(=O)O.CC(=O)O.Cc1ccc(OCCN)c(C(=O)NCCCc2ncc[nH]2)c1. The number of hydrogen-bond donors (Lipinski definition) is 5. The first kappa shape index (κ1) is 26.6. The Labute approximate surface area is 175 Å². The van der Waals surface area contributed by atoms with Crippen LogP contribution < -0.4 is 15.8 Å². The summed E-state index contributed by atoms with van der Waals surface area (Å²) in [5.41, 5.74) is 7.00. The highest BCUT2D eigenvalue weighted by molar-refractivity contribution is 5.97. The predicted octanol–water partition coefficient (Wildman–Crippen LogP) is 1.60. The third-order valence-electron chi connectivity index (χ3n) is 3.19. The minimum atomic E-state index is -0.833. The molecular weight excluding hydrogens is 392 g/mol. The zero-order valence-electron chi connectivity index (χ0n) is 17.5. The van der Waals surface area contributed by atoms with Gasteiger partial charge < -0.3 is 31.0 Å². The van der Waals surface area contributed by atoms with Gasteiger partial charge in [0.15, 0.2) is 0 Å². The maximum absolute atomic E-state index is 12.3. The standard InChI is InChI=1S/C16H22N4O2.2C2H4O2/c1-12-4-5-14(22-10-6-17)13(11-12)16(21)20-7-2-3-15-18-8-9-19-15;2*1-2(3)4/h4-5,8-9,11H,2-3,6-7,10,17H2,1H3,(H,18,19)(H,20,21);2*1H3,(H,3,4). The van der Waals surface area contributed by atoms with Gasteiger partial charge in [-0.3, -0.25) is 14.4 Å². The van der Waals surface area contributed by atoms with Gasteiger partial charge in [0.25, 0.3) is 17.8 Å². The fourth-order valence-electron chi connectivity index (χ4n) is 2.10. The summed E-state index contributed by atoms with van der Waals surface area (Å²) < 4.78 is 5.53. The number of H-pyrrole nitrogens is 1. The van der Waals surface area contributed by atoms with E-state index in [0.29, 0.717) is 31.0 Å². The number of nitrogens with two attached hydrogens (primary N) is 1. The number of carboxylic acids is 2. The van der Waals surface area contributed by atoms with E-state index in [-0.39, 0.29) is 5.91 Å². The molecule has 0 unspecified atom stereocenters. The predicted molar refractivity (Wildman–Crippen MR) is 112 cm³/mol. The van der Waals surface area contributed by atoms with Gasteiger partial charge >= 0.3 is 0 Å². The second kappa shape index (κ2) is 15.5. The number of ether oxygens (including phenoxy) is 1. The molecule has 0 aliphatic heterocycles. The second-order valence-corrected chi connectivity index (χ2v) is 6.07. The van der Waals surface area contributed by atoms with E-state index >= 15 is 0 Å². The number of carbonyl (C=O) groups excluding carboxylic acids is 1. The van der Waals surface area contributed by atoms with Crippen molar-refractivity contribution in [3.05, 3.63) is 47.5 Å². The van der Waals surface area contributed by atoms with Crippen LogP contribution in [0.3, 0.4) is 0 Å². The normalized spacial score (nSPS) is 9.33. The second-order valence-electron chi connectivity index (χ2n) is 6.07. The lowest BCUT2D eigenvalue weighted by molar-refractivity contribution is -0.135. The summed E-state index contributed by atoms with van der Waals surface area (Å²) in [5.74, 6) is -0.300. The van der Waals surface area contributed by atoms with E-state index in [1.165, 1.54) is 0 Å². The molecule has 0 radical (unpaired) electrons. The Bertz CT molecular complexity index is 758. The van der Waals surface area contributed by atoms with Gasteiger partial charge in [0.1, 0.15) is 18.2 Å². The highest BCUT2D eigenvalue weighted by Crippen LogP contribution is 2.20. The van der Waals surface area contributed by atoms with Crippen LogP contribution in [0.25, 0.3) is 0 Å². The molecule has 1 heterocycles. The minimum absolute atomic E-state index is 0.129. The average Bonchev–Trinajstić information content (AvgIpc) is 3.16. The number of aryl methyl sites for hydroxylation is 2. The fourth-order valence-corrected chi connectivity index (χ4v) is 2.10. The molecule has 2 aromatic rings. The molecule has 0 saturated carbocycles. The number of carboxylic acid groups (broad SMARTS) is 2. The average molecular weight is 422 g/mol. The molecule has 2 rings (SSSR count). The Morgan fingerprint density at radius 2 is 1.83 bits per heavy atom. The van der Waals surface area contributed by atoms with Crippen molar-refractivity contribution < 1.29 is 29.3 Å². The molecule has 0 saturated heterocycles. The highest BCUT2D eigenvalue weighted by Gasteiger charge is 2.12. The first-order valence-corrected chi connectivity index (χ1v) is 9.26. The number of aromatic nitrogens is 2. The van der Waals surface area contributed by atoms with Crippen molar-refractivity contribution in [3.63, 3.8) is 0 Å². The molecule has 10 nitrogen and oxygen atoms in total. The van der Waals surface area contributed by atoms with Crippen molar-refractivity contribution in [1.29, 1.82) is 0 Å². The smallest absolute Gasteiger partial charge is 0.300 e. The summed E-state index contributed by atoms with van der Waals surface area (Å²) in [7, 11) is 0. The number of aliphatic carboxylic acids is 2. The maximum atomic E-state index is 12.3. The molecule has 0 spiro atoms. The zero-order valence-corrected chi connectivity index (χ0v) is 17.5. The number of hydrogen-bond acceptors (Lipinski definition) is 6. The van der Waals surface area contributed by atoms with Crippen LogP contribution in [0.4, 0.5) is 0 Å². The number of benzene rings is 1. The van der Waals surface area contributed by atoms with Gasteiger partial charge in [-0.2, -0.15) is 0 Å². The molecular formula is C20H30N4O6. The van der Waals surface area contributed by atoms with Crippen LogP contribution in [0.1, 0.15) is 42.0 Å². The molecule has 10 heteroatoms. The number of imidazole rings is 1. The van der Waals surface area contributed by atoms with E-state index in [0.717, 1.165) is 38.1 Å². The third kappa shape index (κ3) is 13.7. The largest absolute Gasteiger partial charge is 0.491 e. The number of nitrogens with zero attached hydrogens (tertiary/aromatic N) is 1. The quantitative estimate of drug-likeness (QED) is 0.400. The number of aromatic amines is 1. The Kier molecular flexibility index (Phi) is 13.8. The van der Waals surface area contributed by atoms with Gasteiger partial charge in [-0.15, -0.1) is 0 Å². The molecule has 166 valence electrons. The van der Waals surface area contributed by atoms with E-state index in [9.17, 15) is 4.79 Å². The number of amides is 1. The summed E-state index contributed by atoms with van der Waals surface area (Å²) in [5, 5.41) is 17.7. The molecule has 0 atom stereocenters. The van der Waals surface area contributed by atoms with Crippen LogP contribution in [-0.2, 0) is 16.0 Å². The molecule has 1 amide bonds. The molecule has 1 aromatic carbocycles. The highest BCUT2D eigenvalue weighted by atomic mass is 16.5. The number of carbonyl (C=O) groups is 3. The van der Waals surface area contributed by atoms with Gasteiger partial charge in [-0.25, -0.2) is 4.98 Å². The van der Waals surface area contributed by atoms with Gasteiger partial charge in [-0.05, 0) is 25.5 Å². The van der Waals surface area contributed by atoms with Crippen molar-refractivity contribution in [3.8, 4) is 5.75 Å². The van der Waals surface area contributed by atoms with Crippen LogP contribution >= 0.6 is 0 Å². The zero-order chi connectivity index (χ0) is 22.9. The van der Waals surface area contributed by atoms with Crippen molar-refractivity contribution in [2.75, 3.05) is 19.7 Å². The van der Waals surface area contributed by atoms with Gasteiger partial charge in [0.05, 0.1) is 5.56 Å². The van der Waals surface area contributed by atoms with Crippen molar-refractivity contribution in [2.24, 2.45) is 5.73 Å². The monoisotopic (exact) mass is 422 g/mol. The summed E-state index contributed by atoms with van der Waals surface area (Å²) >= 11 is 0. The first-order valence-electron chi connectivity index (χ1n) is 9.26. The molecule has 6 N–H and O–H groups in total. The van der Waals surface area contributed by atoms with Crippen LogP contribution in [-0.4, -0.2) is 57.7 Å². The summed E-state index contributed by atoms with van der Waals surface area (Å²) in [6.45, 7) is 5.50. The summed E-state index contributed by atoms with van der Waals surface area (Å²) in [6, 6.07) is 5.55. The third-order valence-corrected chi connectivity index (χ3v) is 3.19. The minimum Gasteiger partial charge on any atom is -0.491 e. The Hall–Kier alpha value is -3.40. The summed E-state index contributed by atoms with van der Waals surface area (Å²) in [4.78, 5) is 37.5. The van der Waals surface area contributed by atoms with Gasteiger partial charge in [0, 0.05) is 45.8 Å². The van der Waals surface area contributed by atoms with E-state index in [2.05, 4.69) is 15.3 Å². The van der Waals surface area contributed by atoms with Crippen LogP contribution in [0.5, 0.6) is 5.75 Å². The Morgan fingerprint density at radius 1 is 1.20 bits per heavy atom. The maximum Gasteiger partial charge on any atom is 0.300 e. The van der Waals surface area contributed by atoms with E-state index in [4.69, 9.17) is 30.3 Å². The topological polar surface area (TPSA) is 168 Å². The Balaban J connectivity index is 0.000000901. The summed E-state index contributed by atoms with van der Waals surface area (Å²) in [6.07, 6.45) is 5.14. The van der Waals surface area contributed by atoms with Crippen LogP contribution in [0, 0.1) is 6.92 Å². The number of rotatable bonds is 8. The Morgan fingerprint density at radius 3 is 2.37 bits per heavy atom. The molecule has 0 aliphatic carbocycles. The first-order chi connectivity index (χ1) is 14.2. The molecule has 0 fully saturated rings. The van der Waals surface area contributed by atoms with Crippen LogP contribution in [0.2, 0.25) is 0 Å². The van der Waals surface area contributed by atoms with Crippen molar-refractivity contribution in [1.82, 2.24) is 15.3 Å². The van der Waals surface area contributed by atoms with E-state index < -0.39 is 11.9 Å². The molecule has 0 aliphatic rings. The van der Waals surface area contributed by atoms with Crippen molar-refractivity contribution in [2.45, 2.75) is 33.6 Å². The lowest BCUT2D eigenvalue weighted by atomic mass is 10.1. The number of nitrogens with one attached hydrogen (secondary N) is 2. The van der Waals surface area contributed by atoms with E-state index in [1.807, 2.05) is 25.1 Å². The lowest BCUT2D eigenvalue weighted by Crippen LogP contribution is -2.26. The van der Waals surface area contributed by atoms with E-state index in [1.54, 1.807) is 12.4 Å². The molecule has 0 bridgehead atoms. The lowest BCUT2D eigenvalue weighted by Gasteiger charge is -2.12. The van der Waals surface area contributed by atoms with Crippen molar-refractivity contribution >= 4 is 17.8 Å². The van der Waals surface area contributed by atoms with Gasteiger partial charge in [0.2, 0.25) is 0 Å². The van der Waals surface area contributed by atoms with Gasteiger partial charge in [-0.1, -0.05) is 11.6 Å². The van der Waals surface area contributed by atoms with Crippen LogP contribution in [0.15, 0.2) is 30.6 Å².